The van der Waals surface area contributed by atoms with Crippen LogP contribution in [0.3, 0.4) is 0 Å². The van der Waals surface area contributed by atoms with Crippen molar-refractivity contribution in [1.29, 1.82) is 0 Å². The van der Waals surface area contributed by atoms with E-state index in [1.165, 1.54) is 12.7 Å². The summed E-state index contributed by atoms with van der Waals surface area (Å²) in [7, 11) is -1.92. The van der Waals surface area contributed by atoms with Crippen LogP contribution >= 0.6 is 0 Å². The van der Waals surface area contributed by atoms with Gasteiger partial charge in [0.2, 0.25) is 0 Å². The standard InChI is InChI=1S/C15H22O4S/c1-13(15(16)19-2)12-20(17,18)11-7-6-10-14-8-4-3-5-9-14/h3-5,8-9,13H,6-7,10-12H2,1-2H3. The minimum atomic E-state index is -3.19. The van der Waals surface area contributed by atoms with Crippen molar-refractivity contribution < 1.29 is 17.9 Å². The molecule has 0 aliphatic carbocycles. The second-order valence-corrected chi connectivity index (χ2v) is 7.21. The number of hydrogen-bond acceptors (Lipinski definition) is 4. The van der Waals surface area contributed by atoms with Crippen LogP contribution in [-0.4, -0.2) is 33.0 Å². The number of unbranched alkanes of at least 4 members (excludes halogenated alkanes) is 1. The number of rotatable bonds is 8. The highest BCUT2D eigenvalue weighted by molar-refractivity contribution is 7.91. The molecule has 20 heavy (non-hydrogen) atoms. The smallest absolute Gasteiger partial charge is 0.309 e. The van der Waals surface area contributed by atoms with E-state index in [0.717, 1.165) is 12.8 Å². The third kappa shape index (κ3) is 6.19. The van der Waals surface area contributed by atoms with Crippen molar-refractivity contribution in [3.63, 3.8) is 0 Å². The molecule has 1 aromatic rings. The normalized spacial score (nSPS) is 12.9. The van der Waals surface area contributed by atoms with Crippen LogP contribution in [0, 0.1) is 5.92 Å². The zero-order valence-electron chi connectivity index (χ0n) is 12.0. The minimum absolute atomic E-state index is 0.126. The van der Waals surface area contributed by atoms with Gasteiger partial charge in [0.15, 0.2) is 9.84 Å². The first-order chi connectivity index (χ1) is 9.44. The van der Waals surface area contributed by atoms with E-state index in [4.69, 9.17) is 0 Å². The lowest BCUT2D eigenvalue weighted by molar-refractivity contribution is -0.144. The van der Waals surface area contributed by atoms with Crippen molar-refractivity contribution in [2.75, 3.05) is 18.6 Å². The van der Waals surface area contributed by atoms with Gasteiger partial charge in [-0.2, -0.15) is 0 Å². The Bertz CT molecular complexity index is 508. The monoisotopic (exact) mass is 298 g/mol. The summed E-state index contributed by atoms with van der Waals surface area (Å²) in [5, 5.41) is 0. The van der Waals surface area contributed by atoms with E-state index in [0.29, 0.717) is 6.42 Å². The van der Waals surface area contributed by atoms with Crippen LogP contribution in [0.1, 0.15) is 25.3 Å². The molecule has 0 N–H and O–H groups in total. The summed E-state index contributed by atoms with van der Waals surface area (Å²) >= 11 is 0. The molecule has 1 atom stereocenters. The van der Waals surface area contributed by atoms with Crippen molar-refractivity contribution in [3.05, 3.63) is 35.9 Å². The molecule has 0 saturated carbocycles. The van der Waals surface area contributed by atoms with Crippen molar-refractivity contribution in [3.8, 4) is 0 Å². The molecule has 1 aromatic carbocycles. The Morgan fingerprint density at radius 1 is 1.20 bits per heavy atom. The SMILES string of the molecule is COC(=O)C(C)CS(=O)(=O)CCCCc1ccccc1. The molecule has 0 amide bonds. The summed E-state index contributed by atoms with van der Waals surface area (Å²) in [5.41, 5.74) is 1.22. The molecular weight excluding hydrogens is 276 g/mol. The quantitative estimate of drug-likeness (QED) is 0.545. The second-order valence-electron chi connectivity index (χ2n) is 4.98. The van der Waals surface area contributed by atoms with E-state index in [1.54, 1.807) is 6.92 Å². The topological polar surface area (TPSA) is 60.4 Å². The van der Waals surface area contributed by atoms with Gasteiger partial charge < -0.3 is 4.74 Å². The molecule has 1 unspecified atom stereocenters. The average molecular weight is 298 g/mol. The van der Waals surface area contributed by atoms with Gasteiger partial charge in [-0.15, -0.1) is 0 Å². The number of sulfone groups is 1. The summed E-state index contributed by atoms with van der Waals surface area (Å²) in [6, 6.07) is 9.98. The lowest BCUT2D eigenvalue weighted by Gasteiger charge is -2.09. The highest BCUT2D eigenvalue weighted by atomic mass is 32.2. The lowest BCUT2D eigenvalue weighted by Crippen LogP contribution is -2.24. The Morgan fingerprint density at radius 2 is 1.85 bits per heavy atom. The number of benzene rings is 1. The Hall–Kier alpha value is -1.36. The second kappa shape index (κ2) is 8.04. The van der Waals surface area contributed by atoms with Crippen molar-refractivity contribution >= 4 is 15.8 Å². The Morgan fingerprint density at radius 3 is 2.45 bits per heavy atom. The number of hydrogen-bond donors (Lipinski definition) is 0. The third-order valence-electron chi connectivity index (χ3n) is 3.12. The molecule has 0 aliphatic rings. The van der Waals surface area contributed by atoms with Gasteiger partial charge in [-0.3, -0.25) is 4.79 Å². The van der Waals surface area contributed by atoms with Gasteiger partial charge in [-0.25, -0.2) is 8.42 Å². The van der Waals surface area contributed by atoms with Gasteiger partial charge in [-0.05, 0) is 24.8 Å². The fraction of sp³-hybridized carbons (Fsp3) is 0.533. The van der Waals surface area contributed by atoms with E-state index in [-0.39, 0.29) is 11.5 Å². The summed E-state index contributed by atoms with van der Waals surface area (Å²) in [4.78, 5) is 11.2. The van der Waals surface area contributed by atoms with E-state index >= 15 is 0 Å². The predicted octanol–water partition coefficient (Wildman–Crippen LogP) is 2.23. The van der Waals surface area contributed by atoms with E-state index in [2.05, 4.69) is 4.74 Å². The van der Waals surface area contributed by atoms with E-state index in [9.17, 15) is 13.2 Å². The van der Waals surface area contributed by atoms with Gasteiger partial charge in [0.25, 0.3) is 0 Å². The van der Waals surface area contributed by atoms with Crippen LogP contribution in [0.15, 0.2) is 30.3 Å². The van der Waals surface area contributed by atoms with Gasteiger partial charge in [0.05, 0.1) is 24.5 Å². The molecule has 1 rings (SSSR count). The molecular formula is C15H22O4S. The van der Waals surface area contributed by atoms with E-state index < -0.39 is 21.7 Å². The predicted molar refractivity (Wildman–Crippen MR) is 79.2 cm³/mol. The van der Waals surface area contributed by atoms with Crippen LogP contribution in [0.5, 0.6) is 0 Å². The molecule has 112 valence electrons. The highest BCUT2D eigenvalue weighted by Crippen LogP contribution is 2.09. The maximum Gasteiger partial charge on any atom is 0.309 e. The fourth-order valence-corrected chi connectivity index (χ4v) is 3.74. The zero-order chi connectivity index (χ0) is 15.0. The number of carbonyl (C=O) groups is 1. The van der Waals surface area contributed by atoms with Gasteiger partial charge in [0, 0.05) is 0 Å². The molecule has 0 spiro atoms. The van der Waals surface area contributed by atoms with Gasteiger partial charge >= 0.3 is 5.97 Å². The van der Waals surface area contributed by atoms with Gasteiger partial charge in [-0.1, -0.05) is 37.3 Å². The van der Waals surface area contributed by atoms with Crippen molar-refractivity contribution in [2.45, 2.75) is 26.2 Å². The fourth-order valence-electron chi connectivity index (χ4n) is 2.03. The first kappa shape index (κ1) is 16.7. The zero-order valence-corrected chi connectivity index (χ0v) is 12.9. The summed E-state index contributed by atoms with van der Waals surface area (Å²) in [5.74, 6) is -1.08. The Kier molecular flexibility index (Phi) is 6.71. The molecule has 0 aliphatic heterocycles. The minimum Gasteiger partial charge on any atom is -0.469 e. The first-order valence-electron chi connectivity index (χ1n) is 6.77. The molecule has 4 nitrogen and oxygen atoms in total. The number of aryl methyl sites for hydroxylation is 1. The molecule has 0 heterocycles. The van der Waals surface area contributed by atoms with Crippen molar-refractivity contribution in [1.82, 2.24) is 0 Å². The van der Waals surface area contributed by atoms with Crippen LogP contribution in [0.4, 0.5) is 0 Å². The van der Waals surface area contributed by atoms with Crippen LogP contribution in [0.25, 0.3) is 0 Å². The average Bonchev–Trinajstić information content (AvgIpc) is 2.43. The maximum absolute atomic E-state index is 11.9. The molecule has 0 aromatic heterocycles. The highest BCUT2D eigenvalue weighted by Gasteiger charge is 2.21. The molecule has 0 fully saturated rings. The Labute approximate surface area is 121 Å². The molecule has 0 bridgehead atoms. The number of esters is 1. The Balaban J connectivity index is 2.31. The number of carbonyl (C=O) groups excluding carboxylic acids is 1. The summed E-state index contributed by atoms with van der Waals surface area (Å²) in [6.07, 6.45) is 2.32. The summed E-state index contributed by atoms with van der Waals surface area (Å²) in [6.45, 7) is 1.58. The number of ether oxygens (including phenoxy) is 1. The van der Waals surface area contributed by atoms with E-state index in [1.807, 2.05) is 30.3 Å². The number of methoxy groups -OCH3 is 1. The summed E-state index contributed by atoms with van der Waals surface area (Å²) < 4.78 is 28.3. The third-order valence-corrected chi connectivity index (χ3v) is 5.04. The molecule has 0 radical (unpaired) electrons. The lowest BCUT2D eigenvalue weighted by atomic mass is 10.1. The van der Waals surface area contributed by atoms with Crippen LogP contribution < -0.4 is 0 Å². The van der Waals surface area contributed by atoms with Crippen LogP contribution in [0.2, 0.25) is 0 Å². The molecule has 0 saturated heterocycles. The largest absolute Gasteiger partial charge is 0.469 e. The van der Waals surface area contributed by atoms with Gasteiger partial charge in [0.1, 0.15) is 0 Å². The first-order valence-corrected chi connectivity index (χ1v) is 8.59. The van der Waals surface area contributed by atoms with Crippen LogP contribution in [-0.2, 0) is 25.8 Å². The van der Waals surface area contributed by atoms with Crippen molar-refractivity contribution in [2.24, 2.45) is 5.92 Å². The molecule has 5 heteroatoms. The maximum atomic E-state index is 11.9.